The van der Waals surface area contributed by atoms with Crippen LogP contribution in [0.5, 0.6) is 0 Å². The number of amides is 1. The number of hydrogen-bond acceptors (Lipinski definition) is 3. The third-order valence-corrected chi connectivity index (χ3v) is 3.22. The number of allylic oxidation sites excluding steroid dienone is 3. The van der Waals surface area contributed by atoms with Gasteiger partial charge in [0.2, 0.25) is 5.91 Å². The largest absolute Gasteiger partial charge is 0.458 e. The number of pyridine rings is 1. The second-order valence-corrected chi connectivity index (χ2v) is 4.70. The van der Waals surface area contributed by atoms with Gasteiger partial charge in [-0.1, -0.05) is 12.2 Å². The van der Waals surface area contributed by atoms with Gasteiger partial charge in [-0.25, -0.2) is 0 Å². The molecule has 0 aromatic carbocycles. The van der Waals surface area contributed by atoms with Gasteiger partial charge in [0.25, 0.3) is 0 Å². The van der Waals surface area contributed by atoms with Crippen LogP contribution in [0.3, 0.4) is 0 Å². The van der Waals surface area contributed by atoms with E-state index < -0.39 is 40.9 Å². The predicted molar refractivity (Wildman–Crippen MR) is 69.0 cm³/mol. The number of nitrogens with zero attached hydrogens (tertiary/aromatic N) is 1. The Hall–Kier alpha value is -2.58. The molecule has 1 amide bonds. The SMILES string of the molecule is NC(=O)C1C=CC(C(F)(F)C(F)(F)F)=C(c2ccncc2)C1=O. The summed E-state index contributed by atoms with van der Waals surface area (Å²) in [6, 6.07) is 2.19. The van der Waals surface area contributed by atoms with Crippen LogP contribution in [0.2, 0.25) is 0 Å². The smallest absolute Gasteiger partial charge is 0.369 e. The molecule has 1 aromatic rings. The molecule has 0 aliphatic heterocycles. The molecular formula is C14H9F5N2O2. The molecule has 23 heavy (non-hydrogen) atoms. The highest BCUT2D eigenvalue weighted by atomic mass is 19.4. The molecule has 0 saturated carbocycles. The van der Waals surface area contributed by atoms with Crippen molar-refractivity contribution < 1.29 is 31.5 Å². The number of carbonyl (C=O) groups is 2. The van der Waals surface area contributed by atoms with Gasteiger partial charge >= 0.3 is 12.1 Å². The molecular weight excluding hydrogens is 323 g/mol. The third-order valence-electron chi connectivity index (χ3n) is 3.22. The molecule has 0 spiro atoms. The van der Waals surface area contributed by atoms with Crippen LogP contribution in [0.25, 0.3) is 5.57 Å². The summed E-state index contributed by atoms with van der Waals surface area (Å²) in [7, 11) is 0. The number of carbonyl (C=O) groups excluding carboxylic acids is 2. The fourth-order valence-corrected chi connectivity index (χ4v) is 2.11. The van der Waals surface area contributed by atoms with Crippen LogP contribution in [0.1, 0.15) is 5.56 Å². The first-order chi connectivity index (χ1) is 10.6. The van der Waals surface area contributed by atoms with Gasteiger partial charge in [0, 0.05) is 23.5 Å². The quantitative estimate of drug-likeness (QED) is 0.682. The van der Waals surface area contributed by atoms with E-state index in [1.165, 1.54) is 0 Å². The lowest BCUT2D eigenvalue weighted by Gasteiger charge is -2.27. The van der Waals surface area contributed by atoms with Crippen LogP contribution in [0.15, 0.2) is 42.3 Å². The Kier molecular flexibility index (Phi) is 4.06. The Morgan fingerprint density at radius 3 is 2.17 bits per heavy atom. The second kappa shape index (κ2) is 5.56. The lowest BCUT2D eigenvalue weighted by molar-refractivity contribution is -0.262. The van der Waals surface area contributed by atoms with E-state index in [4.69, 9.17) is 5.73 Å². The minimum absolute atomic E-state index is 0.209. The lowest BCUT2D eigenvalue weighted by atomic mass is 9.82. The van der Waals surface area contributed by atoms with Gasteiger partial charge in [-0.05, 0) is 17.7 Å². The molecule has 0 bridgehead atoms. The van der Waals surface area contributed by atoms with Crippen LogP contribution in [-0.2, 0) is 9.59 Å². The number of ketones is 1. The Labute approximate surface area is 126 Å². The van der Waals surface area contributed by atoms with Crippen molar-refractivity contribution in [3.05, 3.63) is 47.8 Å². The molecule has 2 N–H and O–H groups in total. The first-order valence-electron chi connectivity index (χ1n) is 6.18. The van der Waals surface area contributed by atoms with Gasteiger partial charge in [0.05, 0.1) is 0 Å². The van der Waals surface area contributed by atoms with E-state index in [9.17, 15) is 31.5 Å². The van der Waals surface area contributed by atoms with E-state index >= 15 is 0 Å². The maximum atomic E-state index is 13.7. The highest BCUT2D eigenvalue weighted by molar-refractivity contribution is 6.30. The zero-order chi connectivity index (χ0) is 17.4. The van der Waals surface area contributed by atoms with Gasteiger partial charge in [-0.3, -0.25) is 14.6 Å². The fourth-order valence-electron chi connectivity index (χ4n) is 2.11. The molecule has 4 nitrogen and oxygen atoms in total. The van der Waals surface area contributed by atoms with Crippen molar-refractivity contribution in [2.45, 2.75) is 12.1 Å². The summed E-state index contributed by atoms with van der Waals surface area (Å²) >= 11 is 0. The van der Waals surface area contributed by atoms with Crippen molar-refractivity contribution >= 4 is 17.3 Å². The summed E-state index contributed by atoms with van der Waals surface area (Å²) in [5, 5.41) is 0. The average molecular weight is 332 g/mol. The summed E-state index contributed by atoms with van der Waals surface area (Å²) in [6.07, 6.45) is -2.59. The Morgan fingerprint density at radius 1 is 1.13 bits per heavy atom. The van der Waals surface area contributed by atoms with Gasteiger partial charge in [-0.15, -0.1) is 0 Å². The van der Waals surface area contributed by atoms with Crippen molar-refractivity contribution in [2.75, 3.05) is 0 Å². The molecule has 1 unspecified atom stereocenters. The molecule has 0 radical (unpaired) electrons. The van der Waals surface area contributed by atoms with Crippen molar-refractivity contribution in [1.82, 2.24) is 4.98 Å². The van der Waals surface area contributed by atoms with Crippen molar-refractivity contribution in [3.63, 3.8) is 0 Å². The molecule has 0 saturated heterocycles. The summed E-state index contributed by atoms with van der Waals surface area (Å²) in [4.78, 5) is 27.0. The molecule has 1 aromatic heterocycles. The standard InChI is InChI=1S/C14H9F5N2O2/c15-13(16,14(17,18)19)9-2-1-8(12(20)23)11(22)10(9)7-3-5-21-6-4-7/h1-6,8H,(H2,20,23). The molecule has 2 rings (SSSR count). The maximum absolute atomic E-state index is 13.7. The van der Waals surface area contributed by atoms with Crippen LogP contribution in [0.4, 0.5) is 22.0 Å². The molecule has 1 aliphatic carbocycles. The average Bonchev–Trinajstić information content (AvgIpc) is 2.46. The van der Waals surface area contributed by atoms with Crippen LogP contribution < -0.4 is 5.73 Å². The van der Waals surface area contributed by atoms with Crippen molar-refractivity contribution in [1.29, 1.82) is 0 Å². The summed E-state index contributed by atoms with van der Waals surface area (Å²) in [5.41, 5.74) is 2.34. The molecule has 1 heterocycles. The van der Waals surface area contributed by atoms with E-state index in [0.29, 0.717) is 12.2 Å². The Morgan fingerprint density at radius 2 is 1.70 bits per heavy atom. The number of rotatable bonds is 3. The van der Waals surface area contributed by atoms with Gasteiger partial charge in [-0.2, -0.15) is 22.0 Å². The summed E-state index contributed by atoms with van der Waals surface area (Å²) < 4.78 is 65.4. The number of alkyl halides is 5. The van der Waals surface area contributed by atoms with E-state index in [-0.39, 0.29) is 5.56 Å². The highest BCUT2D eigenvalue weighted by Crippen LogP contribution is 2.46. The number of hydrogen-bond donors (Lipinski definition) is 1. The molecule has 0 fully saturated rings. The minimum Gasteiger partial charge on any atom is -0.369 e. The van der Waals surface area contributed by atoms with E-state index in [2.05, 4.69) is 4.98 Å². The number of halogens is 5. The normalized spacial score (nSPS) is 19.2. The van der Waals surface area contributed by atoms with E-state index in [1.54, 1.807) is 0 Å². The van der Waals surface area contributed by atoms with Crippen molar-refractivity contribution in [2.24, 2.45) is 11.7 Å². The van der Waals surface area contributed by atoms with Crippen LogP contribution in [-0.4, -0.2) is 28.8 Å². The topological polar surface area (TPSA) is 73.1 Å². The number of aromatic nitrogens is 1. The van der Waals surface area contributed by atoms with Crippen LogP contribution in [0, 0.1) is 5.92 Å². The lowest BCUT2D eigenvalue weighted by Crippen LogP contribution is -2.41. The van der Waals surface area contributed by atoms with Gasteiger partial charge in [0.1, 0.15) is 5.92 Å². The molecule has 9 heteroatoms. The highest BCUT2D eigenvalue weighted by Gasteiger charge is 2.61. The molecule has 122 valence electrons. The number of Topliss-reactive ketones (excluding diaryl/α,β-unsaturated/α-hetero) is 1. The minimum atomic E-state index is -5.90. The second-order valence-electron chi connectivity index (χ2n) is 4.70. The maximum Gasteiger partial charge on any atom is 0.458 e. The van der Waals surface area contributed by atoms with Gasteiger partial charge in [0.15, 0.2) is 5.78 Å². The first-order valence-corrected chi connectivity index (χ1v) is 6.18. The molecule has 1 atom stereocenters. The first kappa shape index (κ1) is 16.8. The zero-order valence-electron chi connectivity index (χ0n) is 11.3. The molecule has 1 aliphatic rings. The van der Waals surface area contributed by atoms with Crippen LogP contribution >= 0.6 is 0 Å². The van der Waals surface area contributed by atoms with E-state index in [1.807, 2.05) is 0 Å². The number of primary amides is 1. The summed E-state index contributed by atoms with van der Waals surface area (Å²) in [6.45, 7) is 0. The Balaban J connectivity index is 2.72. The van der Waals surface area contributed by atoms with E-state index in [0.717, 1.165) is 24.5 Å². The monoisotopic (exact) mass is 332 g/mol. The third kappa shape index (κ3) is 2.86. The summed E-state index contributed by atoms with van der Waals surface area (Å²) in [5.74, 6) is -9.23. The van der Waals surface area contributed by atoms with Crippen molar-refractivity contribution in [3.8, 4) is 0 Å². The zero-order valence-corrected chi connectivity index (χ0v) is 11.3. The predicted octanol–water partition coefficient (Wildman–Crippen LogP) is 2.27. The number of nitrogens with two attached hydrogens (primary N) is 1. The Bertz CT molecular complexity index is 708. The fraction of sp³-hybridized carbons (Fsp3) is 0.214. The van der Waals surface area contributed by atoms with Gasteiger partial charge < -0.3 is 5.73 Å².